The summed E-state index contributed by atoms with van der Waals surface area (Å²) in [6.07, 6.45) is 7.63. The Morgan fingerprint density at radius 1 is 1.29 bits per heavy atom. The quantitative estimate of drug-likeness (QED) is 0.429. The molecule has 0 spiro atoms. The molecule has 10 heteroatoms. The molecule has 28 heavy (non-hydrogen) atoms. The molecule has 1 aliphatic rings. The third-order valence-corrected chi connectivity index (χ3v) is 4.41. The fourth-order valence-corrected chi connectivity index (χ4v) is 2.86. The third-order valence-electron chi connectivity index (χ3n) is 4.41. The predicted octanol–water partition coefficient (Wildman–Crippen LogP) is 1.40. The Hall–Kier alpha value is -3.53. The average molecular weight is 379 g/mol. The zero-order valence-electron chi connectivity index (χ0n) is 15.1. The molecule has 2 aromatic heterocycles. The predicted molar refractivity (Wildman–Crippen MR) is 104 cm³/mol. The molecule has 0 aliphatic heterocycles. The third kappa shape index (κ3) is 4.23. The molecule has 10 nitrogen and oxygen atoms in total. The number of amides is 1. The van der Waals surface area contributed by atoms with Crippen molar-refractivity contribution in [3.05, 3.63) is 48.4 Å². The molecule has 3 aromatic rings. The van der Waals surface area contributed by atoms with Crippen molar-refractivity contribution in [1.29, 1.82) is 0 Å². The summed E-state index contributed by atoms with van der Waals surface area (Å²) in [4.78, 5) is 21.8. The van der Waals surface area contributed by atoms with Crippen LogP contribution in [0, 0.1) is 5.92 Å². The Morgan fingerprint density at radius 2 is 2.07 bits per heavy atom. The normalized spacial score (nSPS) is 14.5. The number of anilines is 3. The second-order valence-corrected chi connectivity index (χ2v) is 6.74. The molecule has 2 heterocycles. The highest BCUT2D eigenvalue weighted by molar-refractivity contribution is 5.98. The maximum atomic E-state index is 11.8. The molecule has 1 saturated carbocycles. The zero-order chi connectivity index (χ0) is 19.5. The van der Waals surface area contributed by atoms with Gasteiger partial charge in [0.2, 0.25) is 5.95 Å². The van der Waals surface area contributed by atoms with Gasteiger partial charge >= 0.3 is 0 Å². The second-order valence-electron chi connectivity index (χ2n) is 6.74. The van der Waals surface area contributed by atoms with Gasteiger partial charge in [0.25, 0.3) is 5.91 Å². The number of nitrogens with two attached hydrogens (primary N) is 2. The molecular weight excluding hydrogens is 358 g/mol. The largest absolute Gasteiger partial charge is 0.365 e. The molecule has 1 amide bonds. The van der Waals surface area contributed by atoms with Gasteiger partial charge in [-0.15, -0.1) is 0 Å². The summed E-state index contributed by atoms with van der Waals surface area (Å²) in [6, 6.07) is 7.38. The van der Waals surface area contributed by atoms with Crippen molar-refractivity contribution in [2.45, 2.75) is 25.4 Å². The van der Waals surface area contributed by atoms with E-state index in [0.717, 1.165) is 12.1 Å². The smallest absolute Gasteiger partial charge is 0.254 e. The van der Waals surface area contributed by atoms with E-state index in [1.54, 1.807) is 12.4 Å². The van der Waals surface area contributed by atoms with Crippen molar-refractivity contribution >= 4 is 23.4 Å². The molecule has 6 N–H and O–H groups in total. The van der Waals surface area contributed by atoms with Crippen LogP contribution in [0.15, 0.2) is 42.9 Å². The van der Waals surface area contributed by atoms with E-state index in [4.69, 9.17) is 11.5 Å². The van der Waals surface area contributed by atoms with E-state index >= 15 is 0 Å². The van der Waals surface area contributed by atoms with E-state index in [1.165, 1.54) is 23.8 Å². The molecule has 1 fully saturated rings. The molecule has 0 radical (unpaired) electrons. The molecule has 0 unspecified atom stereocenters. The van der Waals surface area contributed by atoms with Crippen LogP contribution in [0.25, 0.3) is 5.69 Å². The Labute approximate surface area is 161 Å². The first kappa shape index (κ1) is 17.9. The maximum Gasteiger partial charge on any atom is 0.254 e. The number of hydrogen-bond acceptors (Lipinski definition) is 8. The molecule has 0 bridgehead atoms. The minimum Gasteiger partial charge on any atom is -0.365 e. The van der Waals surface area contributed by atoms with Crippen LogP contribution in [0.1, 0.15) is 29.6 Å². The van der Waals surface area contributed by atoms with E-state index < -0.39 is 5.91 Å². The number of nitrogens with zero attached hydrogens (tertiary/aromatic N) is 5. The van der Waals surface area contributed by atoms with Crippen molar-refractivity contribution in [3.8, 4) is 5.69 Å². The van der Waals surface area contributed by atoms with Gasteiger partial charge in [-0.3, -0.25) is 4.79 Å². The minimum absolute atomic E-state index is 0.184. The monoisotopic (exact) mass is 379 g/mol. The number of benzene rings is 1. The summed E-state index contributed by atoms with van der Waals surface area (Å²) >= 11 is 0. The van der Waals surface area contributed by atoms with Gasteiger partial charge in [0.05, 0.1) is 24.2 Å². The lowest BCUT2D eigenvalue weighted by atomic mass is 10.2. The molecule has 144 valence electrons. The first-order chi connectivity index (χ1) is 13.6. The van der Waals surface area contributed by atoms with E-state index in [2.05, 4.69) is 30.8 Å². The topological polar surface area (TPSA) is 150 Å². The SMILES string of the molecule is NC(=O)c1cnc(N[C@@H](N)CC2CC2)nc1Nc1cccc(-n2nccn2)c1. The second kappa shape index (κ2) is 7.61. The van der Waals surface area contributed by atoms with Gasteiger partial charge < -0.3 is 22.1 Å². The van der Waals surface area contributed by atoms with Crippen molar-refractivity contribution in [3.63, 3.8) is 0 Å². The van der Waals surface area contributed by atoms with Crippen LogP contribution in [0.2, 0.25) is 0 Å². The highest BCUT2D eigenvalue weighted by Crippen LogP contribution is 2.33. The lowest BCUT2D eigenvalue weighted by Crippen LogP contribution is -2.31. The molecular formula is C18H21N9O. The number of carbonyl (C=O) groups is 1. The maximum absolute atomic E-state index is 11.8. The van der Waals surface area contributed by atoms with Crippen molar-refractivity contribution in [2.75, 3.05) is 10.6 Å². The zero-order valence-corrected chi connectivity index (χ0v) is 15.1. The molecule has 1 aliphatic carbocycles. The lowest BCUT2D eigenvalue weighted by molar-refractivity contribution is 0.100. The minimum atomic E-state index is -0.624. The van der Waals surface area contributed by atoms with Gasteiger partial charge in [-0.2, -0.15) is 20.0 Å². The van der Waals surface area contributed by atoms with Crippen LogP contribution < -0.4 is 22.1 Å². The van der Waals surface area contributed by atoms with Crippen molar-refractivity contribution in [2.24, 2.45) is 17.4 Å². The van der Waals surface area contributed by atoms with Gasteiger partial charge in [-0.05, 0) is 30.5 Å². The first-order valence-electron chi connectivity index (χ1n) is 9.01. The first-order valence-corrected chi connectivity index (χ1v) is 9.01. The summed E-state index contributed by atoms with van der Waals surface area (Å²) in [5.74, 6) is 0.685. The van der Waals surface area contributed by atoms with E-state index in [-0.39, 0.29) is 11.7 Å². The number of primary amides is 1. The summed E-state index contributed by atoms with van der Waals surface area (Å²) in [6.45, 7) is 0. The Morgan fingerprint density at radius 3 is 2.79 bits per heavy atom. The van der Waals surface area contributed by atoms with Crippen LogP contribution in [-0.4, -0.2) is 37.0 Å². The number of hydrogen-bond donors (Lipinski definition) is 4. The van der Waals surface area contributed by atoms with Crippen LogP contribution in [0.4, 0.5) is 17.5 Å². The van der Waals surface area contributed by atoms with Gasteiger partial charge in [0, 0.05) is 11.9 Å². The van der Waals surface area contributed by atoms with Crippen LogP contribution >= 0.6 is 0 Å². The Bertz CT molecular complexity index is 969. The van der Waals surface area contributed by atoms with E-state index in [0.29, 0.717) is 23.4 Å². The van der Waals surface area contributed by atoms with Gasteiger partial charge in [0.15, 0.2) is 0 Å². The summed E-state index contributed by atoms with van der Waals surface area (Å²) in [5.41, 5.74) is 13.2. The van der Waals surface area contributed by atoms with Crippen molar-refractivity contribution in [1.82, 2.24) is 25.0 Å². The number of nitrogens with one attached hydrogen (secondary N) is 2. The Kier molecular flexibility index (Phi) is 4.85. The summed E-state index contributed by atoms with van der Waals surface area (Å²) in [5, 5.41) is 14.4. The summed E-state index contributed by atoms with van der Waals surface area (Å²) in [7, 11) is 0. The lowest BCUT2D eigenvalue weighted by Gasteiger charge is -2.15. The summed E-state index contributed by atoms with van der Waals surface area (Å²) < 4.78 is 0. The van der Waals surface area contributed by atoms with Crippen LogP contribution in [-0.2, 0) is 0 Å². The number of carbonyl (C=O) groups excluding carboxylic acids is 1. The molecule has 0 saturated heterocycles. The molecule has 1 aromatic carbocycles. The molecule has 4 rings (SSSR count). The Balaban J connectivity index is 1.57. The average Bonchev–Trinajstić information content (AvgIpc) is 3.30. The highest BCUT2D eigenvalue weighted by Gasteiger charge is 2.24. The number of aromatic nitrogens is 5. The molecule has 1 atom stereocenters. The van der Waals surface area contributed by atoms with E-state index in [9.17, 15) is 4.79 Å². The van der Waals surface area contributed by atoms with Gasteiger partial charge in [0.1, 0.15) is 11.4 Å². The van der Waals surface area contributed by atoms with Crippen LogP contribution in [0.3, 0.4) is 0 Å². The fraction of sp³-hybridized carbons (Fsp3) is 0.278. The highest BCUT2D eigenvalue weighted by atomic mass is 16.1. The van der Waals surface area contributed by atoms with E-state index in [1.807, 2.05) is 24.3 Å². The van der Waals surface area contributed by atoms with Gasteiger partial charge in [-0.1, -0.05) is 18.9 Å². The van der Waals surface area contributed by atoms with Crippen LogP contribution in [0.5, 0.6) is 0 Å². The fourth-order valence-electron chi connectivity index (χ4n) is 2.86. The van der Waals surface area contributed by atoms with Crippen molar-refractivity contribution < 1.29 is 4.79 Å². The van der Waals surface area contributed by atoms with Gasteiger partial charge in [-0.25, -0.2) is 4.98 Å². The number of rotatable bonds is 8. The standard InChI is InChI=1S/C18H21N9O/c19-15(8-11-4-5-11)25-18-21-10-14(16(20)28)17(26-18)24-12-2-1-3-13(9-12)27-22-6-7-23-27/h1-3,6-7,9-11,15H,4-5,8,19H2,(H2,20,28)(H2,21,24,25,26)/t15-/m1/s1.